The molecular weight excluding hydrogens is 367 g/mol. The van der Waals surface area contributed by atoms with Crippen LogP contribution in [0.25, 0.3) is 0 Å². The van der Waals surface area contributed by atoms with Crippen molar-refractivity contribution in [1.29, 1.82) is 0 Å². The van der Waals surface area contributed by atoms with Gasteiger partial charge in [-0.25, -0.2) is 0 Å². The maximum absolute atomic E-state index is 9.53. The van der Waals surface area contributed by atoms with E-state index in [9.17, 15) is 15.3 Å². The summed E-state index contributed by atoms with van der Waals surface area (Å²) < 4.78 is 15.5. The first kappa shape index (κ1) is 37.9. The van der Waals surface area contributed by atoms with Crippen LogP contribution in [0.3, 0.4) is 0 Å². The van der Waals surface area contributed by atoms with Gasteiger partial charge in [-0.3, -0.25) is 0 Å². The zero-order valence-electron chi connectivity index (χ0n) is 18.6. The number of aliphatic hydroxyl groups excluding tert-OH is 1. The summed E-state index contributed by atoms with van der Waals surface area (Å²) in [6, 6.07) is 0. The van der Waals surface area contributed by atoms with Crippen LogP contribution in [0.5, 0.6) is 0 Å². The quantitative estimate of drug-likeness (QED) is 0.367. The Hall–Kier alpha value is 0.252. The molecule has 0 unspecified atom stereocenters. The average molecular weight is 411 g/mol. The van der Waals surface area contributed by atoms with Gasteiger partial charge in [-0.15, -0.1) is 18.3 Å². The molecule has 0 rings (SSSR count). The molecule has 0 aliphatic rings. The normalized spacial score (nSPS) is 9.56. The molecule has 1 N–H and O–H groups in total. The molecule has 0 aromatic rings. The van der Waals surface area contributed by atoms with Crippen LogP contribution in [0.15, 0.2) is 0 Å². The minimum absolute atomic E-state index is 0. The molecule has 0 fully saturated rings. The number of ether oxygens (including phenoxy) is 3. The molecule has 0 amide bonds. The van der Waals surface area contributed by atoms with Crippen LogP contribution < -0.4 is 15.3 Å². The molecule has 0 bridgehead atoms. The number of aliphatic hydroxyl groups is 1. The Morgan fingerprint density at radius 3 is 1.15 bits per heavy atom. The van der Waals surface area contributed by atoms with Gasteiger partial charge in [0.1, 0.15) is 0 Å². The second kappa shape index (κ2) is 37.1. The summed E-state index contributed by atoms with van der Waals surface area (Å²) in [5.41, 5.74) is 0. The van der Waals surface area contributed by atoms with E-state index >= 15 is 0 Å². The van der Waals surface area contributed by atoms with Crippen molar-refractivity contribution in [2.75, 3.05) is 46.2 Å². The Morgan fingerprint density at radius 1 is 0.630 bits per heavy atom. The van der Waals surface area contributed by atoms with Crippen LogP contribution in [-0.2, 0) is 14.2 Å². The molecule has 27 heavy (non-hydrogen) atoms. The molecule has 164 valence electrons. The molecule has 0 spiro atoms. The summed E-state index contributed by atoms with van der Waals surface area (Å²) in [5.74, 6) is 0. The first-order chi connectivity index (χ1) is 12.1. The predicted molar refractivity (Wildman–Crippen MR) is 106 cm³/mol. The fourth-order valence-electron chi connectivity index (χ4n) is 0.853. The van der Waals surface area contributed by atoms with Gasteiger partial charge in [-0.05, 0) is 6.42 Å². The van der Waals surface area contributed by atoms with Gasteiger partial charge in [-0.1, -0.05) is 54.9 Å². The van der Waals surface area contributed by atoms with Gasteiger partial charge in [0.25, 0.3) is 0 Å². The van der Waals surface area contributed by atoms with Crippen molar-refractivity contribution < 1.29 is 34.6 Å². The molecule has 0 aromatic carbocycles. The van der Waals surface area contributed by atoms with Crippen LogP contribution in [-0.4, -0.2) is 87.0 Å². The molecule has 8 heteroatoms. The van der Waals surface area contributed by atoms with E-state index < -0.39 is 18.3 Å². The van der Waals surface area contributed by atoms with Crippen LogP contribution in [0.1, 0.15) is 61.3 Å². The monoisotopic (exact) mass is 410 g/mol. The Balaban J connectivity index is -0.000000102. The van der Waals surface area contributed by atoms with Crippen LogP contribution >= 0.6 is 0 Å². The molecule has 0 aromatic heterocycles. The molecule has 0 aliphatic carbocycles. The first-order valence-electron chi connectivity index (χ1n) is 9.43. The van der Waals surface area contributed by atoms with Gasteiger partial charge in [0, 0.05) is 6.61 Å². The summed E-state index contributed by atoms with van der Waals surface area (Å²) in [5, 5.41) is 37.0. The Kier molecular flexibility index (Phi) is 52.1. The van der Waals surface area contributed by atoms with Gasteiger partial charge in [-0.2, -0.15) is 0 Å². The van der Waals surface area contributed by atoms with E-state index in [0.717, 1.165) is 19.4 Å². The summed E-state index contributed by atoms with van der Waals surface area (Å²) in [7, 11) is 0. The summed E-state index contributed by atoms with van der Waals surface area (Å²) >= 11 is 0. The smallest absolute Gasteiger partial charge is 0.852 e. The van der Waals surface area contributed by atoms with E-state index in [1.54, 1.807) is 41.5 Å². The molecule has 7 nitrogen and oxygen atoms in total. The summed E-state index contributed by atoms with van der Waals surface area (Å²) in [6.45, 7) is 15.5. The van der Waals surface area contributed by atoms with E-state index in [-0.39, 0.29) is 24.0 Å². The first-order valence-corrected chi connectivity index (χ1v) is 9.43. The zero-order chi connectivity index (χ0) is 21.2. The maximum atomic E-state index is 9.53. The number of hydrogen-bond acceptors (Lipinski definition) is 7. The number of rotatable bonds is 11. The Labute approximate surface area is 178 Å². The van der Waals surface area contributed by atoms with Crippen molar-refractivity contribution in [1.82, 2.24) is 0 Å². The topological polar surface area (TPSA) is 117 Å². The van der Waals surface area contributed by atoms with Gasteiger partial charge in [0.2, 0.25) is 0 Å². The van der Waals surface area contributed by atoms with Gasteiger partial charge in [0.15, 0.2) is 0 Å². The van der Waals surface area contributed by atoms with Crippen molar-refractivity contribution in [3.63, 3.8) is 0 Å². The molecule has 0 radical (unpaired) electrons. The Bertz CT molecular complexity index is 172. The third kappa shape index (κ3) is 122. The standard InChI is InChI=1S/C10H22O4.3C3H7O.Al/c1-2-3-5-12-7-9-14-10-8-13-6-4-11;3*1-3(2)4;/h11H,2-10H2,1H3;3*3H,1-2H3;/q;3*-1;+3. The fraction of sp³-hybridized carbons (Fsp3) is 1.00. The second-order valence-corrected chi connectivity index (χ2v) is 6.06. The molecular formula is C19H43AlO7. The van der Waals surface area contributed by atoms with E-state index in [1.165, 1.54) is 0 Å². The van der Waals surface area contributed by atoms with Crippen molar-refractivity contribution in [3.05, 3.63) is 0 Å². The van der Waals surface area contributed by atoms with E-state index in [2.05, 4.69) is 6.92 Å². The zero-order valence-corrected chi connectivity index (χ0v) is 19.7. The fourth-order valence-corrected chi connectivity index (χ4v) is 0.853. The minimum Gasteiger partial charge on any atom is -0.852 e. The maximum Gasteiger partial charge on any atom is 3.00 e. The largest absolute Gasteiger partial charge is 3.00 e. The van der Waals surface area contributed by atoms with Crippen molar-refractivity contribution in [3.8, 4) is 0 Å². The average Bonchev–Trinajstić information content (AvgIpc) is 2.47. The third-order valence-corrected chi connectivity index (χ3v) is 1.62. The molecule has 0 aliphatic heterocycles. The van der Waals surface area contributed by atoms with E-state index in [4.69, 9.17) is 19.3 Å². The van der Waals surface area contributed by atoms with Gasteiger partial charge in [0.05, 0.1) is 39.6 Å². The SMILES string of the molecule is CC(C)[O-].CC(C)[O-].CC(C)[O-].CCCCOCCOCCOCCO.[Al+3]. The third-order valence-electron chi connectivity index (χ3n) is 1.62. The van der Waals surface area contributed by atoms with Gasteiger partial charge < -0.3 is 34.6 Å². The summed E-state index contributed by atoms with van der Waals surface area (Å²) in [4.78, 5) is 0. The van der Waals surface area contributed by atoms with Crippen LogP contribution in [0.4, 0.5) is 0 Å². The van der Waals surface area contributed by atoms with Gasteiger partial charge >= 0.3 is 17.4 Å². The molecule has 0 atom stereocenters. The van der Waals surface area contributed by atoms with E-state index in [0.29, 0.717) is 33.0 Å². The Morgan fingerprint density at radius 2 is 0.889 bits per heavy atom. The summed E-state index contributed by atoms with van der Waals surface area (Å²) in [6.07, 6.45) is 1.02. The molecule has 0 heterocycles. The van der Waals surface area contributed by atoms with E-state index in [1.807, 2.05) is 0 Å². The van der Waals surface area contributed by atoms with Crippen molar-refractivity contribution >= 4 is 17.4 Å². The predicted octanol–water partition coefficient (Wildman–Crippen LogP) is -0.287. The number of unbranched alkanes of at least 4 members (excludes halogenated alkanes) is 1. The van der Waals surface area contributed by atoms with Crippen molar-refractivity contribution in [2.24, 2.45) is 0 Å². The number of hydrogen-bond donors (Lipinski definition) is 1. The molecule has 0 saturated heterocycles. The minimum atomic E-state index is -0.417. The van der Waals surface area contributed by atoms with Crippen LogP contribution in [0.2, 0.25) is 0 Å². The molecule has 0 saturated carbocycles. The van der Waals surface area contributed by atoms with Crippen molar-refractivity contribution in [2.45, 2.75) is 79.6 Å². The second-order valence-electron chi connectivity index (χ2n) is 6.06. The van der Waals surface area contributed by atoms with Crippen LogP contribution in [0, 0.1) is 0 Å².